The number of aliphatic hydroxyl groups excluding tert-OH is 1. The summed E-state index contributed by atoms with van der Waals surface area (Å²) in [6.07, 6.45) is 2.39. The highest BCUT2D eigenvalue weighted by Gasteiger charge is 2.45. The Morgan fingerprint density at radius 2 is 2.21 bits per heavy atom. The first kappa shape index (κ1) is 10.3. The number of thioether (sulfide) groups is 1. The highest BCUT2D eigenvalue weighted by Crippen LogP contribution is 2.38. The van der Waals surface area contributed by atoms with Gasteiger partial charge in [0.1, 0.15) is 5.60 Å². The Morgan fingerprint density at radius 3 is 2.86 bits per heavy atom. The van der Waals surface area contributed by atoms with Crippen LogP contribution in [0.4, 0.5) is 0 Å². The van der Waals surface area contributed by atoms with Gasteiger partial charge in [-0.05, 0) is 24.3 Å². The van der Waals surface area contributed by atoms with Crippen LogP contribution in [0.5, 0.6) is 0 Å². The summed E-state index contributed by atoms with van der Waals surface area (Å²) in [5.74, 6) is 2.16. The lowest BCUT2D eigenvalue weighted by Crippen LogP contribution is -2.35. The van der Waals surface area contributed by atoms with Crippen molar-refractivity contribution >= 4 is 17.7 Å². The lowest BCUT2D eigenvalue weighted by atomic mass is 9.93. The molecule has 1 N–H and O–H groups in total. The van der Waals surface area contributed by atoms with Crippen LogP contribution >= 0.6 is 11.8 Å². The molecule has 0 unspecified atom stereocenters. The van der Waals surface area contributed by atoms with E-state index in [-0.39, 0.29) is 18.1 Å². The van der Waals surface area contributed by atoms with Crippen LogP contribution in [-0.4, -0.2) is 46.3 Å². The van der Waals surface area contributed by atoms with Gasteiger partial charge in [-0.3, -0.25) is 9.63 Å². The predicted molar refractivity (Wildman–Crippen MR) is 53.8 cm³/mol. The molecule has 80 valence electrons. The summed E-state index contributed by atoms with van der Waals surface area (Å²) in [4.78, 5) is 17.2. The highest BCUT2D eigenvalue weighted by atomic mass is 32.2. The van der Waals surface area contributed by atoms with E-state index in [0.717, 1.165) is 24.3 Å². The minimum absolute atomic E-state index is 0.0194. The number of aliphatic hydroxyl groups is 1. The molecule has 2 saturated heterocycles. The first-order chi connectivity index (χ1) is 6.76. The van der Waals surface area contributed by atoms with Gasteiger partial charge in [0, 0.05) is 0 Å². The lowest BCUT2D eigenvalue weighted by Gasteiger charge is -2.31. The maximum absolute atomic E-state index is 11.5. The molecule has 0 aromatic carbocycles. The third-order valence-electron chi connectivity index (χ3n) is 2.76. The fourth-order valence-electron chi connectivity index (χ4n) is 1.95. The molecule has 2 rings (SSSR count). The van der Waals surface area contributed by atoms with Crippen molar-refractivity contribution in [2.75, 3.05) is 24.7 Å². The van der Waals surface area contributed by atoms with Gasteiger partial charge in [0.2, 0.25) is 5.91 Å². The Morgan fingerprint density at radius 1 is 1.50 bits per heavy atom. The second kappa shape index (κ2) is 4.08. The van der Waals surface area contributed by atoms with E-state index < -0.39 is 0 Å². The molecule has 2 fully saturated rings. The average molecular weight is 217 g/mol. The van der Waals surface area contributed by atoms with E-state index in [1.807, 2.05) is 11.8 Å². The SMILES string of the molecule is O=C1CC2(CCSCC2)ON1CCO. The quantitative estimate of drug-likeness (QED) is 0.728. The summed E-state index contributed by atoms with van der Waals surface area (Å²) in [5.41, 5.74) is -0.239. The number of carbonyl (C=O) groups excluding carboxylic acids is 1. The number of amides is 1. The smallest absolute Gasteiger partial charge is 0.249 e. The molecule has 2 aliphatic rings. The van der Waals surface area contributed by atoms with Gasteiger partial charge in [-0.25, -0.2) is 5.06 Å². The number of hydroxylamine groups is 2. The highest BCUT2D eigenvalue weighted by molar-refractivity contribution is 7.99. The molecule has 0 saturated carbocycles. The van der Waals surface area contributed by atoms with Crippen molar-refractivity contribution in [3.8, 4) is 0 Å². The molecular weight excluding hydrogens is 202 g/mol. The van der Waals surface area contributed by atoms with Crippen molar-refractivity contribution in [3.05, 3.63) is 0 Å². The molecule has 2 aliphatic heterocycles. The number of rotatable bonds is 2. The molecule has 14 heavy (non-hydrogen) atoms. The number of carbonyl (C=O) groups is 1. The fraction of sp³-hybridized carbons (Fsp3) is 0.889. The first-order valence-corrected chi connectivity index (χ1v) is 6.09. The fourth-order valence-corrected chi connectivity index (χ4v) is 3.19. The van der Waals surface area contributed by atoms with E-state index in [1.165, 1.54) is 5.06 Å². The van der Waals surface area contributed by atoms with Crippen molar-refractivity contribution in [2.45, 2.75) is 24.9 Å². The predicted octanol–water partition coefficient (Wildman–Crippen LogP) is 0.408. The van der Waals surface area contributed by atoms with Crippen molar-refractivity contribution in [1.82, 2.24) is 5.06 Å². The van der Waals surface area contributed by atoms with E-state index in [1.54, 1.807) is 0 Å². The molecule has 0 aromatic heterocycles. The zero-order chi connectivity index (χ0) is 10.0. The van der Waals surface area contributed by atoms with Gasteiger partial charge >= 0.3 is 0 Å². The Kier molecular flexibility index (Phi) is 2.99. The van der Waals surface area contributed by atoms with Gasteiger partial charge in [-0.1, -0.05) is 0 Å². The monoisotopic (exact) mass is 217 g/mol. The Balaban J connectivity index is 1.99. The summed E-state index contributed by atoms with van der Waals surface area (Å²) in [5, 5.41) is 10.1. The van der Waals surface area contributed by atoms with Crippen molar-refractivity contribution in [3.63, 3.8) is 0 Å². The molecule has 0 radical (unpaired) electrons. The minimum Gasteiger partial charge on any atom is -0.394 e. The first-order valence-electron chi connectivity index (χ1n) is 4.94. The lowest BCUT2D eigenvalue weighted by molar-refractivity contribution is -0.203. The standard InChI is InChI=1S/C9H15NO3S/c11-4-3-10-8(12)7-9(13-10)1-5-14-6-2-9/h11H,1-7H2. The largest absolute Gasteiger partial charge is 0.394 e. The van der Waals surface area contributed by atoms with E-state index in [4.69, 9.17) is 9.94 Å². The molecular formula is C9H15NO3S. The molecule has 0 aromatic rings. The number of nitrogens with zero attached hydrogens (tertiary/aromatic N) is 1. The van der Waals surface area contributed by atoms with Crippen LogP contribution in [0.1, 0.15) is 19.3 Å². The zero-order valence-electron chi connectivity index (χ0n) is 8.07. The molecule has 2 heterocycles. The average Bonchev–Trinajstić information content (AvgIpc) is 2.45. The van der Waals surface area contributed by atoms with Crippen molar-refractivity contribution < 1.29 is 14.7 Å². The number of β-amino-alcohol motifs (C(OH)–C–C–N with tert-alkyl or cyclic N) is 1. The maximum Gasteiger partial charge on any atom is 0.249 e. The maximum atomic E-state index is 11.5. The summed E-state index contributed by atoms with van der Waals surface area (Å²) < 4.78 is 0. The third-order valence-corrected chi connectivity index (χ3v) is 3.75. The second-order valence-electron chi connectivity index (χ2n) is 3.78. The van der Waals surface area contributed by atoms with Crippen LogP contribution in [0.3, 0.4) is 0 Å². The van der Waals surface area contributed by atoms with Crippen molar-refractivity contribution in [2.24, 2.45) is 0 Å². The summed E-state index contributed by atoms with van der Waals surface area (Å²) in [7, 11) is 0. The van der Waals surface area contributed by atoms with E-state index in [2.05, 4.69) is 0 Å². The number of hydrogen-bond acceptors (Lipinski definition) is 4. The molecule has 0 atom stereocenters. The van der Waals surface area contributed by atoms with Crippen LogP contribution in [-0.2, 0) is 9.63 Å². The molecule has 0 aliphatic carbocycles. The van der Waals surface area contributed by atoms with Crippen LogP contribution in [0, 0.1) is 0 Å². The molecule has 1 spiro atoms. The van der Waals surface area contributed by atoms with Gasteiger partial charge in [0.05, 0.1) is 19.6 Å². The zero-order valence-corrected chi connectivity index (χ0v) is 8.89. The third kappa shape index (κ3) is 1.89. The van der Waals surface area contributed by atoms with Crippen LogP contribution in [0.25, 0.3) is 0 Å². The van der Waals surface area contributed by atoms with Crippen LogP contribution in [0.2, 0.25) is 0 Å². The molecule has 4 nitrogen and oxygen atoms in total. The van der Waals surface area contributed by atoms with Crippen LogP contribution < -0.4 is 0 Å². The van der Waals surface area contributed by atoms with Crippen molar-refractivity contribution in [1.29, 1.82) is 0 Å². The topological polar surface area (TPSA) is 49.8 Å². The summed E-state index contributed by atoms with van der Waals surface area (Å²) >= 11 is 1.91. The van der Waals surface area contributed by atoms with Gasteiger partial charge < -0.3 is 5.11 Å². The van der Waals surface area contributed by atoms with E-state index in [0.29, 0.717) is 13.0 Å². The van der Waals surface area contributed by atoms with Crippen LogP contribution in [0.15, 0.2) is 0 Å². The van der Waals surface area contributed by atoms with E-state index >= 15 is 0 Å². The Labute approximate surface area is 87.6 Å². The van der Waals surface area contributed by atoms with Gasteiger partial charge in [0.25, 0.3) is 0 Å². The summed E-state index contributed by atoms with van der Waals surface area (Å²) in [6, 6.07) is 0. The normalized spacial score (nSPS) is 26.1. The van der Waals surface area contributed by atoms with Gasteiger partial charge in [-0.2, -0.15) is 11.8 Å². The molecule has 0 bridgehead atoms. The van der Waals surface area contributed by atoms with Gasteiger partial charge in [-0.15, -0.1) is 0 Å². The molecule has 1 amide bonds. The molecule has 5 heteroatoms. The van der Waals surface area contributed by atoms with E-state index in [9.17, 15) is 4.79 Å². The van der Waals surface area contributed by atoms with Gasteiger partial charge in [0.15, 0.2) is 0 Å². The Bertz CT molecular complexity index is 228. The summed E-state index contributed by atoms with van der Waals surface area (Å²) in [6.45, 7) is 0.268. The second-order valence-corrected chi connectivity index (χ2v) is 5.01. The number of hydrogen-bond donors (Lipinski definition) is 1. The Hall–Kier alpha value is -0.260. The minimum atomic E-state index is -0.239.